The van der Waals surface area contributed by atoms with Gasteiger partial charge in [0.1, 0.15) is 13.2 Å². The number of hydrogen-bond donors (Lipinski definition) is 0. The minimum Gasteiger partial charge on any atom is -0.462 e. The zero-order valence-electron chi connectivity index (χ0n) is 49.3. The van der Waals surface area contributed by atoms with Crippen molar-refractivity contribution < 1.29 is 28.6 Å². The SMILES string of the molecule is CC/C=C\C/C=C\C/C=C\C/C=C\CCCCCCC(=O)OCC(COC(=O)CCCCCCCCCCCCCCCCCCCCCCCCC)OC(=O)CCCCCC/C=C\C/C=C\C/C=C\C/C=C\CC. The van der Waals surface area contributed by atoms with E-state index in [4.69, 9.17) is 14.2 Å². The summed E-state index contributed by atoms with van der Waals surface area (Å²) < 4.78 is 16.9. The number of esters is 3. The highest BCUT2D eigenvalue weighted by Gasteiger charge is 2.19. The van der Waals surface area contributed by atoms with E-state index in [1.807, 2.05) is 0 Å². The Morgan fingerprint density at radius 3 is 0.813 bits per heavy atom. The van der Waals surface area contributed by atoms with Crippen LogP contribution < -0.4 is 0 Å². The number of ether oxygens (including phenoxy) is 3. The minimum absolute atomic E-state index is 0.0939. The Labute approximate surface area is 464 Å². The molecule has 430 valence electrons. The number of unbranched alkanes of at least 4 members (excludes halogenated alkanes) is 30. The molecule has 0 aliphatic rings. The quantitative estimate of drug-likeness (QED) is 0.0261. The molecule has 0 N–H and O–H groups in total. The maximum absolute atomic E-state index is 12.9. The third-order valence-electron chi connectivity index (χ3n) is 13.6. The number of carbonyl (C=O) groups excluding carboxylic acids is 3. The fraction of sp³-hybridized carbons (Fsp3) is 0.725. The van der Waals surface area contributed by atoms with Crippen LogP contribution in [0.15, 0.2) is 97.2 Å². The summed E-state index contributed by atoms with van der Waals surface area (Å²) in [4.78, 5) is 38.3. The molecular weight excluding hydrogens is 925 g/mol. The highest BCUT2D eigenvalue weighted by Crippen LogP contribution is 2.17. The first-order chi connectivity index (χ1) is 37.0. The number of allylic oxidation sites excluding steroid dienone is 16. The van der Waals surface area contributed by atoms with E-state index in [2.05, 4.69) is 118 Å². The molecule has 0 aromatic rings. The molecule has 0 bridgehead atoms. The predicted molar refractivity (Wildman–Crippen MR) is 325 cm³/mol. The molecule has 0 amide bonds. The lowest BCUT2D eigenvalue weighted by Crippen LogP contribution is -2.30. The van der Waals surface area contributed by atoms with Crippen molar-refractivity contribution in [3.05, 3.63) is 97.2 Å². The Balaban J connectivity index is 4.39. The summed E-state index contributed by atoms with van der Waals surface area (Å²) in [7, 11) is 0. The van der Waals surface area contributed by atoms with Crippen molar-refractivity contribution in [1.29, 1.82) is 0 Å². The zero-order valence-corrected chi connectivity index (χ0v) is 49.3. The zero-order chi connectivity index (χ0) is 54.3. The number of hydrogen-bond acceptors (Lipinski definition) is 6. The summed E-state index contributed by atoms with van der Waals surface area (Å²) in [6.07, 6.45) is 84.2. The van der Waals surface area contributed by atoms with Gasteiger partial charge in [0.25, 0.3) is 0 Å². The van der Waals surface area contributed by atoms with Crippen LogP contribution in [0.3, 0.4) is 0 Å². The van der Waals surface area contributed by atoms with Crippen molar-refractivity contribution in [2.45, 2.75) is 309 Å². The third kappa shape index (κ3) is 61.1. The van der Waals surface area contributed by atoms with Gasteiger partial charge in [0.2, 0.25) is 0 Å². The molecule has 0 aliphatic carbocycles. The molecule has 0 saturated heterocycles. The average molecular weight is 1040 g/mol. The second-order valence-electron chi connectivity index (χ2n) is 20.9. The Morgan fingerprint density at radius 1 is 0.280 bits per heavy atom. The van der Waals surface area contributed by atoms with Gasteiger partial charge in [-0.25, -0.2) is 0 Å². The molecule has 6 nitrogen and oxygen atoms in total. The average Bonchev–Trinajstić information content (AvgIpc) is 3.41. The fourth-order valence-electron chi connectivity index (χ4n) is 8.90. The van der Waals surface area contributed by atoms with E-state index < -0.39 is 6.10 Å². The molecule has 1 unspecified atom stereocenters. The molecule has 0 heterocycles. The van der Waals surface area contributed by atoms with Crippen LogP contribution in [0.4, 0.5) is 0 Å². The second kappa shape index (κ2) is 62.9. The minimum atomic E-state index is -0.802. The fourth-order valence-corrected chi connectivity index (χ4v) is 8.90. The molecule has 0 spiro atoms. The third-order valence-corrected chi connectivity index (χ3v) is 13.6. The first-order valence-corrected chi connectivity index (χ1v) is 31.7. The van der Waals surface area contributed by atoms with E-state index >= 15 is 0 Å². The van der Waals surface area contributed by atoms with Gasteiger partial charge in [-0.2, -0.15) is 0 Å². The van der Waals surface area contributed by atoms with Gasteiger partial charge in [0.05, 0.1) is 0 Å². The van der Waals surface area contributed by atoms with Crippen LogP contribution in [-0.4, -0.2) is 37.2 Å². The van der Waals surface area contributed by atoms with Gasteiger partial charge in [0, 0.05) is 19.3 Å². The number of rotatable bonds is 57. The summed E-state index contributed by atoms with van der Waals surface area (Å²) in [5, 5.41) is 0. The van der Waals surface area contributed by atoms with Crippen LogP contribution in [-0.2, 0) is 28.6 Å². The van der Waals surface area contributed by atoms with Crippen molar-refractivity contribution in [1.82, 2.24) is 0 Å². The van der Waals surface area contributed by atoms with Gasteiger partial charge in [-0.3, -0.25) is 14.4 Å². The largest absolute Gasteiger partial charge is 0.462 e. The van der Waals surface area contributed by atoms with Crippen LogP contribution in [0, 0.1) is 0 Å². The molecule has 1 atom stereocenters. The highest BCUT2D eigenvalue weighted by molar-refractivity contribution is 5.71. The first-order valence-electron chi connectivity index (χ1n) is 31.7. The molecule has 0 aromatic carbocycles. The van der Waals surface area contributed by atoms with Gasteiger partial charge in [-0.05, 0) is 96.3 Å². The molecule has 0 saturated carbocycles. The Morgan fingerprint density at radius 2 is 0.520 bits per heavy atom. The molecule has 0 aromatic heterocycles. The van der Waals surface area contributed by atoms with Crippen LogP contribution >= 0.6 is 0 Å². The molecule has 0 fully saturated rings. The monoisotopic (exact) mass is 1040 g/mol. The van der Waals surface area contributed by atoms with E-state index in [-0.39, 0.29) is 31.1 Å². The molecule has 0 aliphatic heterocycles. The van der Waals surface area contributed by atoms with Gasteiger partial charge in [0.15, 0.2) is 6.10 Å². The highest BCUT2D eigenvalue weighted by atomic mass is 16.6. The van der Waals surface area contributed by atoms with Gasteiger partial charge < -0.3 is 14.2 Å². The lowest BCUT2D eigenvalue weighted by molar-refractivity contribution is -0.167. The summed E-state index contributed by atoms with van der Waals surface area (Å²) in [5.74, 6) is -0.932. The molecule has 6 heteroatoms. The van der Waals surface area contributed by atoms with Crippen molar-refractivity contribution >= 4 is 17.9 Å². The molecule has 0 radical (unpaired) electrons. The molecular formula is C69H118O6. The molecule has 75 heavy (non-hydrogen) atoms. The van der Waals surface area contributed by atoms with E-state index in [0.717, 1.165) is 135 Å². The predicted octanol–water partition coefficient (Wildman–Crippen LogP) is 21.7. The van der Waals surface area contributed by atoms with E-state index in [0.29, 0.717) is 19.3 Å². The topological polar surface area (TPSA) is 78.9 Å². The van der Waals surface area contributed by atoms with Crippen molar-refractivity contribution in [3.63, 3.8) is 0 Å². The second-order valence-corrected chi connectivity index (χ2v) is 20.9. The van der Waals surface area contributed by atoms with E-state index in [9.17, 15) is 14.4 Å². The lowest BCUT2D eigenvalue weighted by Gasteiger charge is -2.18. The maximum atomic E-state index is 12.9. The smallest absolute Gasteiger partial charge is 0.306 e. The van der Waals surface area contributed by atoms with E-state index in [1.165, 1.54) is 128 Å². The van der Waals surface area contributed by atoms with Crippen LogP contribution in [0.1, 0.15) is 303 Å². The standard InChI is InChI=1S/C69H118O6/c1-4-7-10-13-16-19-22-25-28-31-32-33-34-35-36-39-41-44-47-50-53-56-59-62-68(71)74-65-66(75-69(72)63-60-57-54-51-48-45-42-38-30-27-24-21-18-15-12-9-6-3)64-73-67(70)61-58-55-52-49-46-43-40-37-29-26-23-20-17-14-11-8-5-2/h8-9,11-12,17-18,20-21,26-27,29-30,40,42-43,45,66H,4-7,10,13-16,19,22-25,28,31-39,41,44,46-65H2,1-3H3/b11-8-,12-9-,20-17-,21-18-,29-26-,30-27-,43-40-,45-42-. The van der Waals surface area contributed by atoms with Gasteiger partial charge in [-0.1, -0.05) is 285 Å². The summed E-state index contributed by atoms with van der Waals surface area (Å²) in [6.45, 7) is 6.41. The van der Waals surface area contributed by atoms with Crippen molar-refractivity contribution in [2.24, 2.45) is 0 Å². The summed E-state index contributed by atoms with van der Waals surface area (Å²) in [5.41, 5.74) is 0. The van der Waals surface area contributed by atoms with Gasteiger partial charge >= 0.3 is 17.9 Å². The van der Waals surface area contributed by atoms with Gasteiger partial charge in [-0.15, -0.1) is 0 Å². The Bertz CT molecular complexity index is 1480. The van der Waals surface area contributed by atoms with Crippen molar-refractivity contribution in [3.8, 4) is 0 Å². The Kier molecular flexibility index (Phi) is 59.8. The summed E-state index contributed by atoms with van der Waals surface area (Å²) in [6, 6.07) is 0. The first kappa shape index (κ1) is 71.3. The molecule has 0 rings (SSSR count). The summed E-state index contributed by atoms with van der Waals surface area (Å²) >= 11 is 0. The van der Waals surface area contributed by atoms with E-state index in [1.54, 1.807) is 0 Å². The van der Waals surface area contributed by atoms with Crippen molar-refractivity contribution in [2.75, 3.05) is 13.2 Å². The number of carbonyl (C=O) groups is 3. The Hall–Kier alpha value is -3.67. The normalized spacial score (nSPS) is 12.7. The van der Waals surface area contributed by atoms with Crippen LogP contribution in [0.25, 0.3) is 0 Å². The maximum Gasteiger partial charge on any atom is 0.306 e. The van der Waals surface area contributed by atoms with Crippen LogP contribution in [0.2, 0.25) is 0 Å². The van der Waals surface area contributed by atoms with Crippen LogP contribution in [0.5, 0.6) is 0 Å². The lowest BCUT2D eigenvalue weighted by atomic mass is 10.0.